The third-order valence-electron chi connectivity index (χ3n) is 4.78. The van der Waals surface area contributed by atoms with Gasteiger partial charge in [-0.1, -0.05) is 0 Å². The summed E-state index contributed by atoms with van der Waals surface area (Å²) >= 11 is 0. The Labute approximate surface area is 147 Å². The topological polar surface area (TPSA) is 187 Å². The fourth-order valence-electron chi connectivity index (χ4n) is 3.31. The van der Waals surface area contributed by atoms with Crippen LogP contribution in [0.4, 0.5) is 5.95 Å². The summed E-state index contributed by atoms with van der Waals surface area (Å²) in [6.45, 7) is 2.17. The lowest BCUT2D eigenvalue weighted by Gasteiger charge is -2.36. The molecule has 2 aromatic rings. The van der Waals surface area contributed by atoms with Crippen LogP contribution in [-0.2, 0) is 4.74 Å². The minimum Gasteiger partial charge on any atom is -0.394 e. The van der Waals surface area contributed by atoms with E-state index in [1.54, 1.807) is 6.92 Å². The monoisotopic (exact) mass is 370 g/mol. The molecule has 1 saturated heterocycles. The number of anilines is 1. The SMILES string of the molecule is Cc1cn([C@@H]2O[C@H](CO)[C@@H](O)[C@H](O)[C@@H](O)[C@@]2(C)O)c2nc(N)[nH]c(=O)c12. The second-order valence-electron chi connectivity index (χ2n) is 6.73. The molecular weight excluding hydrogens is 348 g/mol. The molecule has 0 spiro atoms. The lowest BCUT2D eigenvalue weighted by atomic mass is 9.90. The summed E-state index contributed by atoms with van der Waals surface area (Å²) < 4.78 is 6.90. The Hall–Kier alpha value is -2.02. The number of nitrogens with two attached hydrogens (primary N) is 1. The number of nitrogens with one attached hydrogen (secondary N) is 1. The van der Waals surface area contributed by atoms with Crippen molar-refractivity contribution in [2.24, 2.45) is 0 Å². The second-order valence-corrected chi connectivity index (χ2v) is 6.73. The van der Waals surface area contributed by atoms with Gasteiger partial charge < -0.3 is 40.6 Å². The van der Waals surface area contributed by atoms with Gasteiger partial charge in [0.1, 0.15) is 30.0 Å². The van der Waals surface area contributed by atoms with Crippen LogP contribution in [0.1, 0.15) is 18.7 Å². The minimum absolute atomic E-state index is 0.0868. The minimum atomic E-state index is -2.10. The molecule has 0 radical (unpaired) electrons. The fraction of sp³-hybridized carbons (Fsp3) is 0.600. The van der Waals surface area contributed by atoms with Crippen molar-refractivity contribution in [3.05, 3.63) is 22.1 Å². The molecule has 11 heteroatoms. The molecular formula is C15H22N4O7. The molecule has 2 aromatic heterocycles. The molecule has 0 saturated carbocycles. The number of aromatic amines is 1. The Bertz CT molecular complexity index is 877. The molecule has 26 heavy (non-hydrogen) atoms. The molecule has 1 aliphatic heterocycles. The van der Waals surface area contributed by atoms with Crippen LogP contribution >= 0.6 is 0 Å². The van der Waals surface area contributed by atoms with Gasteiger partial charge in [0.05, 0.1) is 12.0 Å². The molecule has 6 atom stereocenters. The van der Waals surface area contributed by atoms with E-state index in [9.17, 15) is 30.3 Å². The van der Waals surface area contributed by atoms with E-state index in [0.29, 0.717) is 5.56 Å². The first-order valence-electron chi connectivity index (χ1n) is 7.99. The van der Waals surface area contributed by atoms with E-state index in [0.717, 1.165) is 0 Å². The van der Waals surface area contributed by atoms with Crippen molar-refractivity contribution in [1.82, 2.24) is 14.5 Å². The smallest absolute Gasteiger partial charge is 0.262 e. The highest BCUT2D eigenvalue weighted by Crippen LogP contribution is 2.37. The molecule has 0 amide bonds. The zero-order valence-corrected chi connectivity index (χ0v) is 14.2. The Morgan fingerprint density at radius 2 is 2.04 bits per heavy atom. The number of H-pyrrole nitrogens is 1. The Morgan fingerprint density at radius 3 is 2.65 bits per heavy atom. The largest absolute Gasteiger partial charge is 0.394 e. The molecule has 0 aromatic carbocycles. The average molecular weight is 370 g/mol. The van der Waals surface area contributed by atoms with Gasteiger partial charge in [0, 0.05) is 6.20 Å². The summed E-state index contributed by atoms with van der Waals surface area (Å²) in [6, 6.07) is 0. The van der Waals surface area contributed by atoms with Crippen LogP contribution in [-0.4, -0.2) is 76.7 Å². The van der Waals surface area contributed by atoms with Gasteiger partial charge >= 0.3 is 0 Å². The zero-order valence-electron chi connectivity index (χ0n) is 14.2. The summed E-state index contributed by atoms with van der Waals surface area (Å²) in [5.74, 6) is -0.158. The van der Waals surface area contributed by atoms with E-state index in [-0.39, 0.29) is 17.0 Å². The number of aliphatic hydroxyl groups is 5. The first kappa shape index (κ1) is 18.8. The van der Waals surface area contributed by atoms with Gasteiger partial charge in [-0.2, -0.15) is 4.98 Å². The van der Waals surface area contributed by atoms with Gasteiger partial charge in [0.25, 0.3) is 5.56 Å². The quantitative estimate of drug-likeness (QED) is 0.296. The fourth-order valence-corrected chi connectivity index (χ4v) is 3.31. The molecule has 0 aliphatic carbocycles. The Balaban J connectivity index is 2.24. The number of aromatic nitrogens is 3. The maximum Gasteiger partial charge on any atom is 0.262 e. The van der Waals surface area contributed by atoms with Crippen LogP contribution in [0, 0.1) is 6.92 Å². The third kappa shape index (κ3) is 2.69. The van der Waals surface area contributed by atoms with E-state index >= 15 is 0 Å². The Kier molecular flexibility index (Phi) is 4.55. The molecule has 0 unspecified atom stereocenters. The van der Waals surface area contributed by atoms with E-state index in [4.69, 9.17) is 10.5 Å². The van der Waals surface area contributed by atoms with E-state index in [1.807, 2.05) is 0 Å². The maximum atomic E-state index is 12.2. The van der Waals surface area contributed by atoms with Gasteiger partial charge in [-0.05, 0) is 19.4 Å². The number of ether oxygens (including phenoxy) is 1. The summed E-state index contributed by atoms with van der Waals surface area (Å²) in [4.78, 5) is 18.6. The number of aryl methyl sites for hydroxylation is 1. The highest BCUT2D eigenvalue weighted by Gasteiger charge is 2.52. The zero-order chi connectivity index (χ0) is 19.4. The van der Waals surface area contributed by atoms with Crippen molar-refractivity contribution in [2.75, 3.05) is 12.3 Å². The number of nitrogen functional groups attached to an aromatic ring is 1. The van der Waals surface area contributed by atoms with Crippen molar-refractivity contribution in [1.29, 1.82) is 0 Å². The molecule has 3 heterocycles. The third-order valence-corrected chi connectivity index (χ3v) is 4.78. The molecule has 144 valence electrons. The van der Waals surface area contributed by atoms with Crippen molar-refractivity contribution in [3.8, 4) is 0 Å². The molecule has 1 fully saturated rings. The van der Waals surface area contributed by atoms with Crippen molar-refractivity contribution < 1.29 is 30.3 Å². The van der Waals surface area contributed by atoms with Crippen LogP contribution in [0.2, 0.25) is 0 Å². The van der Waals surface area contributed by atoms with Gasteiger partial charge in [-0.15, -0.1) is 0 Å². The van der Waals surface area contributed by atoms with Crippen molar-refractivity contribution in [2.45, 2.75) is 50.1 Å². The second kappa shape index (κ2) is 6.30. The van der Waals surface area contributed by atoms with Gasteiger partial charge in [-0.25, -0.2) is 0 Å². The Morgan fingerprint density at radius 1 is 1.38 bits per heavy atom. The first-order valence-corrected chi connectivity index (χ1v) is 7.99. The van der Waals surface area contributed by atoms with E-state index in [2.05, 4.69) is 9.97 Å². The number of hydrogen-bond acceptors (Lipinski definition) is 9. The van der Waals surface area contributed by atoms with E-state index in [1.165, 1.54) is 17.7 Å². The van der Waals surface area contributed by atoms with Crippen LogP contribution in [0.25, 0.3) is 11.0 Å². The number of nitrogens with zero attached hydrogens (tertiary/aromatic N) is 2. The highest BCUT2D eigenvalue weighted by molar-refractivity contribution is 5.80. The van der Waals surface area contributed by atoms with Crippen molar-refractivity contribution in [3.63, 3.8) is 0 Å². The first-order chi connectivity index (χ1) is 12.1. The summed E-state index contributed by atoms with van der Waals surface area (Å²) in [5.41, 5.74) is 3.61. The number of fused-ring (bicyclic) bond motifs is 1. The standard InChI is InChI=1S/C15H22N4O7/c1-5-3-19(11-7(5)12(24)18-14(16)17-11)13-15(2,25)10(23)9(22)8(21)6(4-20)26-13/h3,6,8-10,13,20-23,25H,4H2,1-2H3,(H3,16,17,18,24)/t6-,8-,9+,10-,13-,15-/m1/s1. The van der Waals surface area contributed by atoms with E-state index < -0.39 is 48.4 Å². The predicted octanol–water partition coefficient (Wildman–Crippen LogP) is -2.66. The molecule has 0 bridgehead atoms. The summed E-state index contributed by atoms with van der Waals surface area (Å²) in [5, 5.41) is 51.0. The van der Waals surface area contributed by atoms with Gasteiger partial charge in [-0.3, -0.25) is 9.78 Å². The van der Waals surface area contributed by atoms with Crippen LogP contribution in [0.3, 0.4) is 0 Å². The molecule has 8 N–H and O–H groups in total. The summed E-state index contributed by atoms with van der Waals surface area (Å²) in [6.07, 6.45) is -6.43. The lowest BCUT2D eigenvalue weighted by molar-refractivity contribution is -0.197. The number of rotatable bonds is 2. The van der Waals surface area contributed by atoms with Crippen LogP contribution in [0.15, 0.2) is 11.0 Å². The van der Waals surface area contributed by atoms with Crippen LogP contribution in [0.5, 0.6) is 0 Å². The lowest BCUT2D eigenvalue weighted by Crippen LogP contribution is -2.53. The number of hydrogen-bond donors (Lipinski definition) is 7. The normalized spacial score (nSPS) is 35.6. The summed E-state index contributed by atoms with van der Waals surface area (Å²) in [7, 11) is 0. The molecule has 11 nitrogen and oxygen atoms in total. The van der Waals surface area contributed by atoms with Gasteiger partial charge in [0.15, 0.2) is 11.9 Å². The maximum absolute atomic E-state index is 12.2. The highest BCUT2D eigenvalue weighted by atomic mass is 16.6. The average Bonchev–Trinajstić information content (AvgIpc) is 2.87. The predicted molar refractivity (Wildman–Crippen MR) is 89.1 cm³/mol. The molecule has 3 rings (SSSR count). The number of aliphatic hydroxyl groups excluding tert-OH is 4. The van der Waals surface area contributed by atoms with Gasteiger partial charge in [0.2, 0.25) is 5.95 Å². The van der Waals surface area contributed by atoms with Crippen LogP contribution < -0.4 is 11.3 Å². The van der Waals surface area contributed by atoms with Crippen molar-refractivity contribution >= 4 is 17.0 Å². The molecule has 1 aliphatic rings.